The standard InChI is InChI=1S/C17H27N3O3/c1-11-7-5-6-8-15(11)18-16(21)10-23-17(22)9-14-12(2)19-20(4)13(14)3/h11,15H,5-10H2,1-4H3,(H,18,21)/t11-,15+/m0/s1. The summed E-state index contributed by atoms with van der Waals surface area (Å²) in [7, 11) is 1.84. The predicted molar refractivity (Wildman–Crippen MR) is 86.9 cm³/mol. The Hall–Kier alpha value is -1.85. The van der Waals surface area contributed by atoms with Crippen LogP contribution in [0.3, 0.4) is 0 Å². The number of carbonyl (C=O) groups excluding carboxylic acids is 2. The number of aryl methyl sites for hydroxylation is 2. The van der Waals surface area contributed by atoms with E-state index in [0.29, 0.717) is 5.92 Å². The fraction of sp³-hybridized carbons (Fsp3) is 0.706. The maximum absolute atomic E-state index is 11.9. The minimum Gasteiger partial charge on any atom is -0.455 e. The molecule has 0 radical (unpaired) electrons. The van der Waals surface area contributed by atoms with Gasteiger partial charge in [0, 0.05) is 24.3 Å². The zero-order valence-electron chi connectivity index (χ0n) is 14.5. The van der Waals surface area contributed by atoms with E-state index in [1.54, 1.807) is 4.68 Å². The van der Waals surface area contributed by atoms with Crippen LogP contribution in [0.4, 0.5) is 0 Å². The summed E-state index contributed by atoms with van der Waals surface area (Å²) in [6.45, 7) is 5.73. The first kappa shape index (κ1) is 17.5. The van der Waals surface area contributed by atoms with Gasteiger partial charge in [0.15, 0.2) is 6.61 Å². The smallest absolute Gasteiger partial charge is 0.310 e. The molecule has 0 unspecified atom stereocenters. The van der Waals surface area contributed by atoms with Gasteiger partial charge in [-0.15, -0.1) is 0 Å². The highest BCUT2D eigenvalue weighted by Crippen LogP contribution is 2.23. The first-order valence-corrected chi connectivity index (χ1v) is 8.32. The van der Waals surface area contributed by atoms with Gasteiger partial charge >= 0.3 is 5.97 Å². The lowest BCUT2D eigenvalue weighted by Gasteiger charge is -2.29. The van der Waals surface area contributed by atoms with Crippen LogP contribution >= 0.6 is 0 Å². The molecule has 6 heteroatoms. The normalized spacial score (nSPS) is 21.0. The average molecular weight is 321 g/mol. The maximum atomic E-state index is 11.9. The molecule has 23 heavy (non-hydrogen) atoms. The highest BCUT2D eigenvalue weighted by Gasteiger charge is 2.23. The quantitative estimate of drug-likeness (QED) is 0.840. The Balaban J connectivity index is 1.78. The molecule has 2 atom stereocenters. The van der Waals surface area contributed by atoms with Crippen LogP contribution in [0.1, 0.15) is 49.6 Å². The number of nitrogens with one attached hydrogen (secondary N) is 1. The van der Waals surface area contributed by atoms with Crippen molar-refractivity contribution in [2.45, 2.75) is 58.9 Å². The number of rotatable bonds is 5. The molecule has 1 fully saturated rings. The molecule has 2 rings (SSSR count). The van der Waals surface area contributed by atoms with E-state index in [-0.39, 0.29) is 25.0 Å². The number of aromatic nitrogens is 2. The highest BCUT2D eigenvalue weighted by molar-refractivity contribution is 5.81. The maximum Gasteiger partial charge on any atom is 0.310 e. The van der Waals surface area contributed by atoms with Gasteiger partial charge in [-0.05, 0) is 32.6 Å². The Bertz CT molecular complexity index is 580. The molecular formula is C17H27N3O3. The van der Waals surface area contributed by atoms with Crippen molar-refractivity contribution < 1.29 is 14.3 Å². The van der Waals surface area contributed by atoms with Crippen LogP contribution in [0.15, 0.2) is 0 Å². The van der Waals surface area contributed by atoms with Crippen molar-refractivity contribution in [1.82, 2.24) is 15.1 Å². The van der Waals surface area contributed by atoms with Crippen LogP contribution in [0.2, 0.25) is 0 Å². The van der Waals surface area contributed by atoms with E-state index in [0.717, 1.165) is 36.2 Å². The number of carbonyl (C=O) groups is 2. The topological polar surface area (TPSA) is 73.2 Å². The molecule has 1 amide bonds. The SMILES string of the molecule is Cc1nn(C)c(C)c1CC(=O)OCC(=O)N[C@@H]1CCCC[C@@H]1C. The van der Waals surface area contributed by atoms with Gasteiger partial charge in [0.25, 0.3) is 5.91 Å². The average Bonchev–Trinajstić information content (AvgIpc) is 2.74. The zero-order valence-corrected chi connectivity index (χ0v) is 14.5. The van der Waals surface area contributed by atoms with E-state index < -0.39 is 5.97 Å². The van der Waals surface area contributed by atoms with Crippen molar-refractivity contribution in [2.24, 2.45) is 13.0 Å². The predicted octanol–water partition coefficient (Wildman–Crippen LogP) is 1.82. The molecule has 1 aliphatic rings. The fourth-order valence-corrected chi connectivity index (χ4v) is 3.19. The summed E-state index contributed by atoms with van der Waals surface area (Å²) in [5.41, 5.74) is 2.64. The van der Waals surface area contributed by atoms with Crippen LogP contribution in [0, 0.1) is 19.8 Å². The summed E-state index contributed by atoms with van der Waals surface area (Å²) < 4.78 is 6.86. The molecule has 0 saturated heterocycles. The molecule has 1 N–H and O–H groups in total. The second-order valence-corrected chi connectivity index (χ2v) is 6.55. The Morgan fingerprint density at radius 2 is 2.00 bits per heavy atom. The summed E-state index contributed by atoms with van der Waals surface area (Å²) in [6, 6.07) is 0.206. The fourth-order valence-electron chi connectivity index (χ4n) is 3.19. The molecule has 0 spiro atoms. The van der Waals surface area contributed by atoms with E-state index in [2.05, 4.69) is 17.3 Å². The van der Waals surface area contributed by atoms with E-state index in [9.17, 15) is 9.59 Å². The van der Waals surface area contributed by atoms with Gasteiger partial charge < -0.3 is 10.1 Å². The number of ether oxygens (including phenoxy) is 1. The molecule has 1 aromatic heterocycles. The zero-order chi connectivity index (χ0) is 17.0. The first-order chi connectivity index (χ1) is 10.9. The van der Waals surface area contributed by atoms with Gasteiger partial charge in [-0.1, -0.05) is 19.8 Å². The van der Waals surface area contributed by atoms with Crippen molar-refractivity contribution >= 4 is 11.9 Å². The Kier molecular flexibility index (Phi) is 5.80. The summed E-state index contributed by atoms with van der Waals surface area (Å²) in [5.74, 6) is -0.114. The van der Waals surface area contributed by atoms with Crippen molar-refractivity contribution in [3.05, 3.63) is 17.0 Å². The third-order valence-electron chi connectivity index (χ3n) is 4.80. The Morgan fingerprint density at radius 1 is 1.30 bits per heavy atom. The number of hydrogen-bond acceptors (Lipinski definition) is 4. The van der Waals surface area contributed by atoms with Gasteiger partial charge in [-0.25, -0.2) is 0 Å². The lowest BCUT2D eigenvalue weighted by Crippen LogP contribution is -2.43. The second-order valence-electron chi connectivity index (χ2n) is 6.55. The number of esters is 1. The molecule has 6 nitrogen and oxygen atoms in total. The summed E-state index contributed by atoms with van der Waals surface area (Å²) >= 11 is 0. The van der Waals surface area contributed by atoms with Crippen molar-refractivity contribution in [1.29, 1.82) is 0 Å². The molecular weight excluding hydrogens is 294 g/mol. The van der Waals surface area contributed by atoms with Gasteiger partial charge in [0.2, 0.25) is 0 Å². The minimum absolute atomic E-state index is 0.151. The summed E-state index contributed by atoms with van der Waals surface area (Å²) in [5, 5.41) is 7.26. The van der Waals surface area contributed by atoms with Gasteiger partial charge in [-0.2, -0.15) is 5.10 Å². The van der Waals surface area contributed by atoms with Gasteiger partial charge in [0.1, 0.15) is 0 Å². The largest absolute Gasteiger partial charge is 0.455 e. The molecule has 0 aliphatic heterocycles. The number of amides is 1. The number of hydrogen-bond donors (Lipinski definition) is 1. The highest BCUT2D eigenvalue weighted by atomic mass is 16.5. The van der Waals surface area contributed by atoms with Crippen LogP contribution in [-0.2, 0) is 27.8 Å². The lowest BCUT2D eigenvalue weighted by molar-refractivity contribution is -0.148. The molecule has 0 aromatic carbocycles. The minimum atomic E-state index is -0.393. The van der Waals surface area contributed by atoms with E-state index in [4.69, 9.17) is 4.74 Å². The molecule has 1 heterocycles. The van der Waals surface area contributed by atoms with Crippen LogP contribution in [0.25, 0.3) is 0 Å². The molecule has 1 aliphatic carbocycles. The third-order valence-corrected chi connectivity index (χ3v) is 4.80. The van der Waals surface area contributed by atoms with Crippen molar-refractivity contribution in [3.63, 3.8) is 0 Å². The molecule has 1 saturated carbocycles. The monoisotopic (exact) mass is 321 g/mol. The van der Waals surface area contributed by atoms with E-state index in [1.807, 2.05) is 20.9 Å². The molecule has 128 valence electrons. The van der Waals surface area contributed by atoms with Crippen molar-refractivity contribution in [2.75, 3.05) is 6.61 Å². The molecule has 1 aromatic rings. The van der Waals surface area contributed by atoms with Gasteiger partial charge in [-0.3, -0.25) is 14.3 Å². The summed E-state index contributed by atoms with van der Waals surface area (Å²) in [4.78, 5) is 23.9. The van der Waals surface area contributed by atoms with Crippen LogP contribution in [0.5, 0.6) is 0 Å². The van der Waals surface area contributed by atoms with Crippen molar-refractivity contribution in [3.8, 4) is 0 Å². The Labute approximate surface area is 137 Å². The summed E-state index contributed by atoms with van der Waals surface area (Å²) in [6.07, 6.45) is 4.68. The number of nitrogens with zero attached hydrogens (tertiary/aromatic N) is 2. The third kappa shape index (κ3) is 4.56. The van der Waals surface area contributed by atoms with Crippen LogP contribution < -0.4 is 5.32 Å². The van der Waals surface area contributed by atoms with E-state index in [1.165, 1.54) is 6.42 Å². The lowest BCUT2D eigenvalue weighted by atomic mass is 9.86. The van der Waals surface area contributed by atoms with Gasteiger partial charge in [0.05, 0.1) is 12.1 Å². The van der Waals surface area contributed by atoms with Crippen LogP contribution in [-0.4, -0.2) is 34.3 Å². The second kappa shape index (κ2) is 7.62. The molecule has 0 bridgehead atoms. The Morgan fingerprint density at radius 3 is 2.61 bits per heavy atom. The van der Waals surface area contributed by atoms with E-state index >= 15 is 0 Å². The first-order valence-electron chi connectivity index (χ1n) is 8.32.